The molecule has 0 bridgehead atoms. The molecule has 1 aromatic heterocycles. The van der Waals surface area contributed by atoms with Gasteiger partial charge < -0.3 is 15.4 Å². The topological polar surface area (TPSA) is 59.1 Å². The SMILES string of the molecule is COCCNc1cc(Nc2ccc(Cl)cc2Cl)nc(-c2ccccc2)n1. The van der Waals surface area contributed by atoms with Crippen LogP contribution in [0.2, 0.25) is 10.0 Å². The van der Waals surface area contributed by atoms with Crippen molar-refractivity contribution in [1.82, 2.24) is 9.97 Å². The molecule has 26 heavy (non-hydrogen) atoms. The van der Waals surface area contributed by atoms with Crippen molar-refractivity contribution in [1.29, 1.82) is 0 Å². The quantitative estimate of drug-likeness (QED) is 0.541. The highest BCUT2D eigenvalue weighted by atomic mass is 35.5. The van der Waals surface area contributed by atoms with Crippen LogP contribution in [0.25, 0.3) is 11.4 Å². The highest BCUT2D eigenvalue weighted by molar-refractivity contribution is 6.36. The van der Waals surface area contributed by atoms with E-state index in [1.165, 1.54) is 0 Å². The number of nitrogens with zero attached hydrogens (tertiary/aromatic N) is 2. The zero-order chi connectivity index (χ0) is 18.4. The Morgan fingerprint density at radius 3 is 2.46 bits per heavy atom. The fourth-order valence-electron chi connectivity index (χ4n) is 2.33. The van der Waals surface area contributed by atoms with Crippen LogP contribution in [0.4, 0.5) is 17.3 Å². The summed E-state index contributed by atoms with van der Waals surface area (Å²) in [4.78, 5) is 9.19. The normalized spacial score (nSPS) is 10.6. The maximum absolute atomic E-state index is 6.26. The molecule has 0 saturated heterocycles. The highest BCUT2D eigenvalue weighted by Gasteiger charge is 2.09. The molecule has 3 rings (SSSR count). The molecule has 1 heterocycles. The first-order chi connectivity index (χ1) is 12.7. The summed E-state index contributed by atoms with van der Waals surface area (Å²) in [5.74, 6) is 1.94. The molecule has 0 aliphatic carbocycles. The Hall–Kier alpha value is -2.34. The number of nitrogens with one attached hydrogen (secondary N) is 2. The highest BCUT2D eigenvalue weighted by Crippen LogP contribution is 2.29. The maximum Gasteiger partial charge on any atom is 0.163 e. The molecule has 7 heteroatoms. The van der Waals surface area contributed by atoms with E-state index >= 15 is 0 Å². The molecule has 0 saturated carbocycles. The number of rotatable bonds is 7. The van der Waals surface area contributed by atoms with E-state index in [2.05, 4.69) is 20.6 Å². The van der Waals surface area contributed by atoms with E-state index in [1.807, 2.05) is 42.5 Å². The van der Waals surface area contributed by atoms with Gasteiger partial charge in [-0.05, 0) is 18.2 Å². The number of aromatic nitrogens is 2. The number of benzene rings is 2. The van der Waals surface area contributed by atoms with Gasteiger partial charge in [-0.2, -0.15) is 0 Å². The number of methoxy groups -OCH3 is 1. The molecule has 2 aromatic carbocycles. The third-order valence-electron chi connectivity index (χ3n) is 3.56. The molecular weight excluding hydrogens is 371 g/mol. The van der Waals surface area contributed by atoms with Crippen molar-refractivity contribution in [2.24, 2.45) is 0 Å². The molecule has 0 spiro atoms. The van der Waals surface area contributed by atoms with E-state index in [0.717, 1.165) is 11.3 Å². The number of hydrogen-bond acceptors (Lipinski definition) is 5. The van der Waals surface area contributed by atoms with E-state index in [4.69, 9.17) is 27.9 Å². The molecule has 0 amide bonds. The predicted octanol–water partition coefficient (Wildman–Crippen LogP) is 5.25. The zero-order valence-corrected chi connectivity index (χ0v) is 15.7. The third-order valence-corrected chi connectivity index (χ3v) is 4.11. The van der Waals surface area contributed by atoms with Crippen molar-refractivity contribution in [3.63, 3.8) is 0 Å². The predicted molar refractivity (Wildman–Crippen MR) is 108 cm³/mol. The summed E-state index contributed by atoms with van der Waals surface area (Å²) in [6.07, 6.45) is 0. The first-order valence-corrected chi connectivity index (χ1v) is 8.80. The molecule has 0 atom stereocenters. The van der Waals surface area contributed by atoms with Crippen LogP contribution in [0.5, 0.6) is 0 Å². The molecule has 0 fully saturated rings. The van der Waals surface area contributed by atoms with Crippen LogP contribution in [0, 0.1) is 0 Å². The number of hydrogen-bond donors (Lipinski definition) is 2. The lowest BCUT2D eigenvalue weighted by molar-refractivity contribution is 0.210. The summed E-state index contributed by atoms with van der Waals surface area (Å²) >= 11 is 12.2. The van der Waals surface area contributed by atoms with Crippen molar-refractivity contribution in [2.45, 2.75) is 0 Å². The van der Waals surface area contributed by atoms with E-state index in [1.54, 1.807) is 19.2 Å². The van der Waals surface area contributed by atoms with Crippen LogP contribution >= 0.6 is 23.2 Å². The van der Waals surface area contributed by atoms with Crippen LogP contribution in [0.15, 0.2) is 54.6 Å². The first-order valence-electron chi connectivity index (χ1n) is 8.05. The molecule has 0 aliphatic rings. The van der Waals surface area contributed by atoms with Gasteiger partial charge in [-0.1, -0.05) is 53.5 Å². The number of anilines is 3. The first kappa shape index (κ1) is 18.5. The molecule has 0 radical (unpaired) electrons. The Morgan fingerprint density at radius 1 is 0.962 bits per heavy atom. The Kier molecular flexibility index (Phi) is 6.28. The van der Waals surface area contributed by atoms with Crippen molar-refractivity contribution < 1.29 is 4.74 Å². The van der Waals surface area contributed by atoms with Gasteiger partial charge in [-0.3, -0.25) is 0 Å². The van der Waals surface area contributed by atoms with Crippen molar-refractivity contribution in [2.75, 3.05) is 30.9 Å². The minimum atomic E-state index is 0.520. The smallest absolute Gasteiger partial charge is 0.163 e. The molecule has 2 N–H and O–H groups in total. The summed E-state index contributed by atoms with van der Waals surface area (Å²) < 4.78 is 5.08. The molecule has 3 aromatic rings. The van der Waals surface area contributed by atoms with Crippen LogP contribution in [0.1, 0.15) is 0 Å². The van der Waals surface area contributed by atoms with Crippen LogP contribution in [-0.4, -0.2) is 30.2 Å². The lowest BCUT2D eigenvalue weighted by atomic mass is 10.2. The van der Waals surface area contributed by atoms with E-state index in [9.17, 15) is 0 Å². The van der Waals surface area contributed by atoms with Gasteiger partial charge in [0.1, 0.15) is 11.6 Å². The summed E-state index contributed by atoms with van der Waals surface area (Å²) in [7, 11) is 1.66. The average molecular weight is 389 g/mol. The van der Waals surface area contributed by atoms with Gasteiger partial charge in [0.05, 0.1) is 17.3 Å². The average Bonchev–Trinajstić information content (AvgIpc) is 2.65. The van der Waals surface area contributed by atoms with Gasteiger partial charge in [-0.25, -0.2) is 9.97 Å². The second kappa shape index (κ2) is 8.85. The van der Waals surface area contributed by atoms with Crippen molar-refractivity contribution in [3.8, 4) is 11.4 Å². The van der Waals surface area contributed by atoms with Gasteiger partial charge in [0.15, 0.2) is 5.82 Å². The van der Waals surface area contributed by atoms with E-state index in [0.29, 0.717) is 40.7 Å². The monoisotopic (exact) mass is 388 g/mol. The van der Waals surface area contributed by atoms with Gasteiger partial charge in [0.2, 0.25) is 0 Å². The zero-order valence-electron chi connectivity index (χ0n) is 14.2. The summed E-state index contributed by atoms with van der Waals surface area (Å²) in [5, 5.41) is 7.56. The van der Waals surface area contributed by atoms with Crippen LogP contribution in [-0.2, 0) is 4.74 Å². The molecule has 134 valence electrons. The number of halogens is 2. The largest absolute Gasteiger partial charge is 0.383 e. The van der Waals surface area contributed by atoms with Crippen molar-refractivity contribution >= 4 is 40.5 Å². The minimum Gasteiger partial charge on any atom is -0.383 e. The third kappa shape index (κ3) is 4.85. The standard InChI is InChI=1S/C19H18Cl2N4O/c1-26-10-9-22-17-12-18(23-16-8-7-14(20)11-15(16)21)25-19(24-17)13-5-3-2-4-6-13/h2-8,11-12H,9-10H2,1H3,(H2,22,23,24,25). The Balaban J connectivity index is 1.93. The Bertz CT molecular complexity index is 875. The van der Waals surface area contributed by atoms with Gasteiger partial charge >= 0.3 is 0 Å². The summed E-state index contributed by atoms with van der Waals surface area (Å²) in [6, 6.07) is 16.9. The molecule has 5 nitrogen and oxygen atoms in total. The van der Waals surface area contributed by atoms with E-state index < -0.39 is 0 Å². The summed E-state index contributed by atoms with van der Waals surface area (Å²) in [5.41, 5.74) is 1.64. The van der Waals surface area contributed by atoms with Gasteiger partial charge in [0.25, 0.3) is 0 Å². The second-order valence-corrected chi connectivity index (χ2v) is 6.34. The van der Waals surface area contributed by atoms with Gasteiger partial charge in [-0.15, -0.1) is 0 Å². The van der Waals surface area contributed by atoms with Crippen LogP contribution < -0.4 is 10.6 Å². The lowest BCUT2D eigenvalue weighted by Gasteiger charge is -2.12. The van der Waals surface area contributed by atoms with Crippen LogP contribution in [0.3, 0.4) is 0 Å². The fourth-order valence-corrected chi connectivity index (χ4v) is 2.78. The lowest BCUT2D eigenvalue weighted by Crippen LogP contribution is -2.10. The molecule has 0 aliphatic heterocycles. The van der Waals surface area contributed by atoms with Gasteiger partial charge in [0, 0.05) is 30.3 Å². The Labute approximate surface area is 162 Å². The van der Waals surface area contributed by atoms with Crippen molar-refractivity contribution in [3.05, 3.63) is 64.6 Å². The second-order valence-electron chi connectivity index (χ2n) is 5.50. The van der Waals surface area contributed by atoms with E-state index in [-0.39, 0.29) is 0 Å². The summed E-state index contributed by atoms with van der Waals surface area (Å²) in [6.45, 7) is 1.22. The maximum atomic E-state index is 6.26. The molecule has 0 unspecified atom stereocenters. The fraction of sp³-hybridized carbons (Fsp3) is 0.158. The molecular formula is C19H18Cl2N4O. The Morgan fingerprint density at radius 2 is 1.73 bits per heavy atom. The number of ether oxygens (including phenoxy) is 1. The minimum absolute atomic E-state index is 0.520.